The second-order valence-corrected chi connectivity index (χ2v) is 3.47. The van der Waals surface area contributed by atoms with Crippen molar-refractivity contribution in [3.05, 3.63) is 25.9 Å². The maximum Gasteiger partial charge on any atom is 0.150 e. The quantitative estimate of drug-likeness (QED) is 0.726. The van der Waals surface area contributed by atoms with Gasteiger partial charge in [-0.25, -0.2) is 4.98 Å². The summed E-state index contributed by atoms with van der Waals surface area (Å²) in [6.07, 6.45) is 0. The Morgan fingerprint density at radius 2 is 1.62 bits per heavy atom. The minimum absolute atomic E-state index is 0.0849. The van der Waals surface area contributed by atoms with Gasteiger partial charge in [-0.2, -0.15) is 0 Å². The Morgan fingerprint density at radius 3 is 2.08 bits per heavy atom. The second-order valence-electron chi connectivity index (χ2n) is 1.98. The smallest absolute Gasteiger partial charge is 0.150 e. The number of hydrogen-bond acceptors (Lipinski definition) is 3. The lowest BCUT2D eigenvalue weighted by Crippen LogP contribution is -2.24. The van der Waals surface area contributed by atoms with Crippen LogP contribution in [0.15, 0.2) is 0 Å². The van der Waals surface area contributed by atoms with Crippen LogP contribution in [-0.2, 0) is 0 Å². The Morgan fingerprint density at radius 1 is 1.08 bits per heavy atom. The molecule has 1 heterocycles. The fourth-order valence-electron chi connectivity index (χ4n) is 0.622. The number of carbonyl (C=O) groups is 1. The van der Waals surface area contributed by atoms with Crippen molar-refractivity contribution < 1.29 is 9.90 Å². The number of carboxylic acids is 1. The van der Waals surface area contributed by atoms with Gasteiger partial charge < -0.3 is 9.90 Å². The first-order valence-electron chi connectivity index (χ1n) is 2.86. The standard InChI is InChI=1S/C6HCl4NO2/c7-1-2(8)4(6(12)13)11-5(10)3(1)9/h(H,12,13)/p-1. The molecule has 0 amide bonds. The number of nitrogens with zero attached hydrogens (tertiary/aromatic N) is 1. The molecule has 0 aliphatic rings. The lowest BCUT2D eigenvalue weighted by molar-refractivity contribution is -0.255. The van der Waals surface area contributed by atoms with Gasteiger partial charge in [-0.05, 0) is 0 Å². The predicted octanol–water partition coefficient (Wildman–Crippen LogP) is 2.06. The molecule has 1 rings (SSSR count). The van der Waals surface area contributed by atoms with Crippen LogP contribution in [0, 0.1) is 0 Å². The molecule has 0 fully saturated rings. The van der Waals surface area contributed by atoms with E-state index in [4.69, 9.17) is 46.4 Å². The number of aromatic nitrogens is 1. The van der Waals surface area contributed by atoms with E-state index in [2.05, 4.69) is 4.98 Å². The number of carboxylic acid groups (broad SMARTS) is 1. The molecule has 0 saturated carbocycles. The molecule has 0 aliphatic heterocycles. The molecule has 0 radical (unpaired) electrons. The first-order valence-corrected chi connectivity index (χ1v) is 4.37. The van der Waals surface area contributed by atoms with Crippen molar-refractivity contribution >= 4 is 52.4 Å². The van der Waals surface area contributed by atoms with E-state index in [0.717, 1.165) is 0 Å². The Labute approximate surface area is 93.2 Å². The molecule has 0 saturated heterocycles. The summed E-state index contributed by atoms with van der Waals surface area (Å²) >= 11 is 22.1. The molecule has 0 N–H and O–H groups in total. The lowest BCUT2D eigenvalue weighted by Gasteiger charge is -2.07. The van der Waals surface area contributed by atoms with Crippen LogP contribution in [0.3, 0.4) is 0 Å². The maximum absolute atomic E-state index is 10.4. The van der Waals surface area contributed by atoms with Crippen molar-refractivity contribution in [1.82, 2.24) is 4.98 Å². The van der Waals surface area contributed by atoms with E-state index in [1.54, 1.807) is 0 Å². The van der Waals surface area contributed by atoms with Gasteiger partial charge in [0.15, 0.2) is 0 Å². The molecule has 0 unspecified atom stereocenters. The zero-order chi connectivity index (χ0) is 10.2. The molecular weight excluding hydrogens is 260 g/mol. The summed E-state index contributed by atoms with van der Waals surface area (Å²) in [6, 6.07) is 0. The zero-order valence-corrected chi connectivity index (χ0v) is 8.80. The monoisotopic (exact) mass is 258 g/mol. The molecule has 0 atom stereocenters. The minimum Gasteiger partial charge on any atom is -0.543 e. The van der Waals surface area contributed by atoms with Crippen LogP contribution in [0.25, 0.3) is 0 Å². The lowest BCUT2D eigenvalue weighted by atomic mass is 10.3. The molecule has 0 aliphatic carbocycles. The van der Waals surface area contributed by atoms with Gasteiger partial charge in [-0.3, -0.25) is 0 Å². The third-order valence-electron chi connectivity index (χ3n) is 1.18. The summed E-state index contributed by atoms with van der Waals surface area (Å²) in [7, 11) is 0. The van der Waals surface area contributed by atoms with E-state index in [1.165, 1.54) is 0 Å². The number of pyridine rings is 1. The second kappa shape index (κ2) is 3.88. The molecule has 7 heteroatoms. The number of rotatable bonds is 1. The van der Waals surface area contributed by atoms with Crippen LogP contribution in [-0.4, -0.2) is 11.0 Å². The van der Waals surface area contributed by atoms with Crippen LogP contribution in [0.1, 0.15) is 10.5 Å². The van der Waals surface area contributed by atoms with Gasteiger partial charge in [0.2, 0.25) is 0 Å². The van der Waals surface area contributed by atoms with Crippen molar-refractivity contribution in [2.24, 2.45) is 0 Å². The van der Waals surface area contributed by atoms with Crippen molar-refractivity contribution in [2.45, 2.75) is 0 Å². The normalized spacial score (nSPS) is 10.2. The highest BCUT2D eigenvalue weighted by Crippen LogP contribution is 2.35. The Balaban J connectivity index is 3.50. The highest BCUT2D eigenvalue weighted by Gasteiger charge is 2.14. The summed E-state index contributed by atoms with van der Waals surface area (Å²) in [5.41, 5.74) is -0.527. The molecular formula is C6Cl4NO2-. The third-order valence-corrected chi connectivity index (χ3v) is 2.86. The summed E-state index contributed by atoms with van der Waals surface area (Å²) in [5, 5.41) is 9.68. The summed E-state index contributed by atoms with van der Waals surface area (Å²) < 4.78 is 0. The highest BCUT2D eigenvalue weighted by atomic mass is 35.5. The molecule has 0 bridgehead atoms. The average Bonchev–Trinajstić information content (AvgIpc) is 2.07. The van der Waals surface area contributed by atoms with Crippen LogP contribution >= 0.6 is 46.4 Å². The number of carbonyl (C=O) groups excluding carboxylic acids is 1. The molecule has 1 aromatic rings. The third kappa shape index (κ3) is 1.99. The average molecular weight is 260 g/mol. The maximum atomic E-state index is 10.4. The van der Waals surface area contributed by atoms with Gasteiger partial charge in [-0.1, -0.05) is 46.4 Å². The zero-order valence-electron chi connectivity index (χ0n) is 5.78. The molecule has 3 nitrogen and oxygen atoms in total. The van der Waals surface area contributed by atoms with Crippen molar-refractivity contribution in [3.8, 4) is 0 Å². The Bertz CT molecular complexity index is 379. The van der Waals surface area contributed by atoms with Gasteiger partial charge >= 0.3 is 0 Å². The summed E-state index contributed by atoms with van der Waals surface area (Å²) in [6.45, 7) is 0. The van der Waals surface area contributed by atoms with Gasteiger partial charge in [0.25, 0.3) is 0 Å². The van der Waals surface area contributed by atoms with Gasteiger partial charge in [-0.15, -0.1) is 0 Å². The number of halogens is 4. The van der Waals surface area contributed by atoms with Crippen molar-refractivity contribution in [2.75, 3.05) is 0 Å². The fraction of sp³-hybridized carbons (Fsp3) is 0. The minimum atomic E-state index is -1.56. The highest BCUT2D eigenvalue weighted by molar-refractivity contribution is 6.52. The number of hydrogen-bond donors (Lipinski definition) is 0. The largest absolute Gasteiger partial charge is 0.543 e. The SMILES string of the molecule is O=C([O-])c1nc(Cl)c(Cl)c(Cl)c1Cl. The molecule has 1 aromatic heterocycles. The van der Waals surface area contributed by atoms with Crippen molar-refractivity contribution in [1.29, 1.82) is 0 Å². The Kier molecular flexibility index (Phi) is 3.24. The topological polar surface area (TPSA) is 53.0 Å². The molecule has 0 spiro atoms. The van der Waals surface area contributed by atoms with E-state index < -0.39 is 11.7 Å². The van der Waals surface area contributed by atoms with Gasteiger partial charge in [0.05, 0.1) is 21.0 Å². The van der Waals surface area contributed by atoms with Gasteiger partial charge in [0, 0.05) is 0 Å². The van der Waals surface area contributed by atoms with Gasteiger partial charge in [0.1, 0.15) is 10.8 Å². The van der Waals surface area contributed by atoms with Crippen LogP contribution in [0.5, 0.6) is 0 Å². The van der Waals surface area contributed by atoms with E-state index >= 15 is 0 Å². The summed E-state index contributed by atoms with van der Waals surface area (Å²) in [4.78, 5) is 13.8. The van der Waals surface area contributed by atoms with Crippen LogP contribution in [0.4, 0.5) is 0 Å². The van der Waals surface area contributed by atoms with E-state index in [-0.39, 0.29) is 20.2 Å². The molecule has 70 valence electrons. The van der Waals surface area contributed by atoms with Crippen molar-refractivity contribution in [3.63, 3.8) is 0 Å². The molecule has 0 aromatic carbocycles. The van der Waals surface area contributed by atoms with Crippen LogP contribution in [0.2, 0.25) is 20.2 Å². The predicted molar refractivity (Wildman–Crippen MR) is 48.6 cm³/mol. The van der Waals surface area contributed by atoms with E-state index in [0.29, 0.717) is 0 Å². The summed E-state index contributed by atoms with van der Waals surface area (Å²) in [5.74, 6) is -1.56. The molecule has 13 heavy (non-hydrogen) atoms. The Hall–Kier alpha value is -0.220. The van der Waals surface area contributed by atoms with E-state index in [9.17, 15) is 9.90 Å². The number of aromatic carboxylic acids is 1. The fourth-order valence-corrected chi connectivity index (χ4v) is 1.43. The van der Waals surface area contributed by atoms with Crippen LogP contribution < -0.4 is 5.11 Å². The van der Waals surface area contributed by atoms with E-state index in [1.807, 2.05) is 0 Å². The first kappa shape index (κ1) is 10.9. The first-order chi connectivity index (χ1) is 5.95.